The van der Waals surface area contributed by atoms with E-state index in [4.69, 9.17) is 4.98 Å². The lowest BCUT2D eigenvalue weighted by molar-refractivity contribution is -0.148. The third kappa shape index (κ3) is 5.44. The van der Waals surface area contributed by atoms with E-state index in [1.165, 1.54) is 19.3 Å². The van der Waals surface area contributed by atoms with Crippen molar-refractivity contribution >= 4 is 29.5 Å². The normalized spacial score (nSPS) is 23.0. The maximum Gasteiger partial charge on any atom is 0.311 e. The minimum Gasteiger partial charge on any atom is -0.481 e. The van der Waals surface area contributed by atoms with Gasteiger partial charge in [-0.25, -0.2) is 4.98 Å². The Kier molecular flexibility index (Phi) is 7.44. The molecule has 1 aromatic rings. The molecule has 2 N–H and O–H groups in total. The van der Waals surface area contributed by atoms with E-state index in [2.05, 4.69) is 17.1 Å². The van der Waals surface area contributed by atoms with Crippen molar-refractivity contribution in [3.8, 4) is 0 Å². The summed E-state index contributed by atoms with van der Waals surface area (Å²) in [5.74, 6) is 0.868. The van der Waals surface area contributed by atoms with Gasteiger partial charge in [0, 0.05) is 19.1 Å². The first kappa shape index (κ1) is 21.9. The molecule has 0 spiro atoms. The van der Waals surface area contributed by atoms with Gasteiger partial charge in [-0.05, 0) is 56.9 Å². The predicted molar refractivity (Wildman–Crippen MR) is 117 cm³/mol. The summed E-state index contributed by atoms with van der Waals surface area (Å²) in [4.78, 5) is 31.5. The summed E-state index contributed by atoms with van der Waals surface area (Å²) in [5.41, 5.74) is -0.121. The molecule has 7 heteroatoms. The van der Waals surface area contributed by atoms with Gasteiger partial charge in [0.1, 0.15) is 10.8 Å². The molecule has 1 aliphatic heterocycles. The number of anilines is 1. The fourth-order valence-electron chi connectivity index (χ4n) is 4.21. The molecule has 2 heterocycles. The first-order valence-electron chi connectivity index (χ1n) is 10.9. The van der Waals surface area contributed by atoms with E-state index in [1.54, 1.807) is 18.7 Å². The Balaban J connectivity index is 1.79. The van der Waals surface area contributed by atoms with Crippen LogP contribution in [-0.2, 0) is 4.79 Å². The Hall–Kier alpha value is -1.76. The highest BCUT2D eigenvalue weighted by molar-refractivity contribution is 7.99. The number of aliphatic carboxylic acids is 1. The molecule has 0 radical (unpaired) electrons. The van der Waals surface area contributed by atoms with Gasteiger partial charge in [0.25, 0.3) is 5.91 Å². The average Bonchev–Trinajstić information content (AvgIpc) is 2.72. The zero-order valence-corrected chi connectivity index (χ0v) is 18.4. The summed E-state index contributed by atoms with van der Waals surface area (Å²) in [6.07, 6.45) is 8.22. The second-order valence-electron chi connectivity index (χ2n) is 8.57. The number of carboxylic acids is 1. The fourth-order valence-corrected chi connectivity index (χ4v) is 5.08. The van der Waals surface area contributed by atoms with Crippen LogP contribution in [0.25, 0.3) is 0 Å². The number of nitrogens with one attached hydrogen (secondary N) is 1. The van der Waals surface area contributed by atoms with Gasteiger partial charge in [-0.1, -0.05) is 26.2 Å². The van der Waals surface area contributed by atoms with E-state index in [9.17, 15) is 14.7 Å². The van der Waals surface area contributed by atoms with Gasteiger partial charge in [0.15, 0.2) is 0 Å². The second kappa shape index (κ2) is 9.83. The highest BCUT2D eigenvalue weighted by Crippen LogP contribution is 2.33. The topological polar surface area (TPSA) is 82.5 Å². The minimum atomic E-state index is -0.758. The van der Waals surface area contributed by atoms with Crippen LogP contribution in [0.15, 0.2) is 17.2 Å². The molecule has 6 nitrogen and oxygen atoms in total. The van der Waals surface area contributed by atoms with Crippen molar-refractivity contribution < 1.29 is 14.7 Å². The van der Waals surface area contributed by atoms with E-state index >= 15 is 0 Å². The van der Waals surface area contributed by atoms with E-state index in [1.807, 2.05) is 12.1 Å². The van der Waals surface area contributed by atoms with Gasteiger partial charge in [-0.3, -0.25) is 9.59 Å². The molecule has 1 aromatic heterocycles. The number of carboxylic acid groups (broad SMARTS) is 1. The molecule has 2 aliphatic rings. The number of hydrogen-bond donors (Lipinski definition) is 2. The Morgan fingerprint density at radius 1 is 1.28 bits per heavy atom. The molecule has 0 aromatic carbocycles. The van der Waals surface area contributed by atoms with Gasteiger partial charge < -0.3 is 15.3 Å². The summed E-state index contributed by atoms with van der Waals surface area (Å²) in [5, 5.41) is 13.5. The lowest BCUT2D eigenvalue weighted by Crippen LogP contribution is -2.46. The molecule has 1 aliphatic carbocycles. The van der Waals surface area contributed by atoms with Crippen molar-refractivity contribution in [2.24, 2.45) is 5.41 Å². The minimum absolute atomic E-state index is 0.0384. The summed E-state index contributed by atoms with van der Waals surface area (Å²) >= 11 is 1.61. The van der Waals surface area contributed by atoms with Crippen LogP contribution < -0.4 is 10.2 Å². The van der Waals surface area contributed by atoms with Crippen LogP contribution in [0.1, 0.15) is 75.6 Å². The third-order valence-corrected chi connectivity index (χ3v) is 7.21. The van der Waals surface area contributed by atoms with Crippen LogP contribution in [0, 0.1) is 5.41 Å². The molecule has 1 amide bonds. The quantitative estimate of drug-likeness (QED) is 0.640. The third-order valence-electron chi connectivity index (χ3n) is 6.01. The van der Waals surface area contributed by atoms with Crippen molar-refractivity contribution in [2.45, 2.75) is 76.3 Å². The van der Waals surface area contributed by atoms with Crippen molar-refractivity contribution in [1.29, 1.82) is 0 Å². The van der Waals surface area contributed by atoms with Crippen molar-refractivity contribution in [1.82, 2.24) is 10.3 Å². The van der Waals surface area contributed by atoms with Gasteiger partial charge in [0.05, 0.1) is 11.0 Å². The molecule has 29 heavy (non-hydrogen) atoms. The number of carbonyl (C=O) groups is 2. The van der Waals surface area contributed by atoms with Crippen LogP contribution >= 0.6 is 11.8 Å². The number of thioether (sulfide) groups is 1. The second-order valence-corrected chi connectivity index (χ2v) is 9.65. The highest BCUT2D eigenvalue weighted by Gasteiger charge is 2.38. The van der Waals surface area contributed by atoms with E-state index in [0.717, 1.165) is 48.8 Å². The molecule has 1 saturated heterocycles. The van der Waals surface area contributed by atoms with E-state index in [0.29, 0.717) is 18.5 Å². The molecule has 1 saturated carbocycles. The molecular formula is C22H33N3O3S. The van der Waals surface area contributed by atoms with Crippen LogP contribution in [0.5, 0.6) is 0 Å². The Labute approximate surface area is 177 Å². The number of aromatic nitrogens is 1. The maximum atomic E-state index is 12.9. The number of rotatable bonds is 7. The number of nitrogens with zero attached hydrogens (tertiary/aromatic N) is 2. The molecule has 2 fully saturated rings. The standard InChI is InChI=1S/C22H33N3O3S/c1-3-14-29-20-17(19(26)23-16-8-5-4-6-9-16)10-11-18(24-20)25-13-7-12-22(2,15-25)21(27)28/h10-11,16H,3-9,12-15H2,1-2H3,(H,23,26)(H,27,28). The summed E-state index contributed by atoms with van der Waals surface area (Å²) < 4.78 is 0. The lowest BCUT2D eigenvalue weighted by atomic mass is 9.82. The maximum absolute atomic E-state index is 12.9. The molecule has 1 unspecified atom stereocenters. The van der Waals surface area contributed by atoms with Gasteiger partial charge in [-0.15, -0.1) is 11.8 Å². The molecular weight excluding hydrogens is 386 g/mol. The first-order chi connectivity index (χ1) is 13.9. The zero-order valence-electron chi connectivity index (χ0n) is 17.6. The van der Waals surface area contributed by atoms with E-state index < -0.39 is 11.4 Å². The fraction of sp³-hybridized carbons (Fsp3) is 0.682. The number of piperidine rings is 1. The van der Waals surface area contributed by atoms with Crippen molar-refractivity contribution in [3.63, 3.8) is 0 Å². The van der Waals surface area contributed by atoms with Crippen LogP contribution in [0.2, 0.25) is 0 Å². The molecule has 1 atom stereocenters. The predicted octanol–water partition coefficient (Wildman–Crippen LogP) is 4.34. The van der Waals surface area contributed by atoms with Crippen LogP contribution in [0.3, 0.4) is 0 Å². The summed E-state index contributed by atoms with van der Waals surface area (Å²) in [7, 11) is 0. The summed E-state index contributed by atoms with van der Waals surface area (Å²) in [6, 6.07) is 4.00. The SMILES string of the molecule is CCCSc1nc(N2CCCC(C)(C(=O)O)C2)ccc1C(=O)NC1CCCCC1. The highest BCUT2D eigenvalue weighted by atomic mass is 32.2. The lowest BCUT2D eigenvalue weighted by Gasteiger charge is -2.38. The number of hydrogen-bond acceptors (Lipinski definition) is 5. The monoisotopic (exact) mass is 419 g/mol. The van der Waals surface area contributed by atoms with Gasteiger partial charge in [-0.2, -0.15) is 0 Å². The molecule has 160 valence electrons. The van der Waals surface area contributed by atoms with Gasteiger partial charge in [0.2, 0.25) is 0 Å². The largest absolute Gasteiger partial charge is 0.481 e. The number of amides is 1. The van der Waals surface area contributed by atoms with Crippen molar-refractivity contribution in [3.05, 3.63) is 17.7 Å². The first-order valence-corrected chi connectivity index (χ1v) is 11.8. The van der Waals surface area contributed by atoms with Gasteiger partial charge >= 0.3 is 5.97 Å². The van der Waals surface area contributed by atoms with Crippen molar-refractivity contribution in [2.75, 3.05) is 23.7 Å². The van der Waals surface area contributed by atoms with Crippen LogP contribution in [-0.4, -0.2) is 46.9 Å². The number of carbonyl (C=O) groups excluding carboxylic acids is 1. The number of pyridine rings is 1. The zero-order chi connectivity index (χ0) is 20.9. The Bertz CT molecular complexity index is 736. The Morgan fingerprint density at radius 2 is 2.03 bits per heavy atom. The molecule has 3 rings (SSSR count). The van der Waals surface area contributed by atoms with Crippen LogP contribution in [0.4, 0.5) is 5.82 Å². The van der Waals surface area contributed by atoms with E-state index in [-0.39, 0.29) is 11.9 Å². The smallest absolute Gasteiger partial charge is 0.311 e. The summed E-state index contributed by atoms with van der Waals surface area (Å²) in [6.45, 7) is 5.16. The average molecular weight is 420 g/mol. The Morgan fingerprint density at radius 3 is 2.72 bits per heavy atom. The molecule has 0 bridgehead atoms.